The lowest BCUT2D eigenvalue weighted by atomic mass is 10.1. The zero-order valence-corrected chi connectivity index (χ0v) is 12.9. The van der Waals surface area contributed by atoms with Crippen molar-refractivity contribution in [1.82, 2.24) is 10.2 Å². The molecule has 0 radical (unpaired) electrons. The van der Waals surface area contributed by atoms with Crippen molar-refractivity contribution in [3.05, 3.63) is 48.0 Å². The minimum atomic E-state index is 0.700. The number of nitrogens with zero attached hydrogens (tertiary/aromatic N) is 1. The van der Waals surface area contributed by atoms with E-state index >= 15 is 0 Å². The van der Waals surface area contributed by atoms with E-state index in [0.29, 0.717) is 5.92 Å². The Morgan fingerprint density at radius 3 is 2.60 bits per heavy atom. The molecule has 0 atom stereocenters. The van der Waals surface area contributed by atoms with Crippen LogP contribution in [0.1, 0.15) is 37.8 Å². The molecule has 0 aromatic heterocycles. The minimum absolute atomic E-state index is 0.700. The second-order valence-electron chi connectivity index (χ2n) is 6.24. The number of hydrogen-bond donors (Lipinski definition) is 1. The lowest BCUT2D eigenvalue weighted by Gasteiger charge is -2.22. The molecule has 0 unspecified atom stereocenters. The predicted octanol–water partition coefficient (Wildman–Crippen LogP) is 3.58. The molecule has 2 rings (SSSR count). The van der Waals surface area contributed by atoms with E-state index in [1.54, 1.807) is 0 Å². The Morgan fingerprint density at radius 2 is 2.00 bits per heavy atom. The highest BCUT2D eigenvalue weighted by Crippen LogP contribution is 2.28. The van der Waals surface area contributed by atoms with Crippen LogP contribution in [-0.2, 0) is 13.1 Å². The molecular weight excluding hydrogens is 244 g/mol. The molecule has 1 aromatic carbocycles. The third-order valence-corrected chi connectivity index (χ3v) is 3.79. The van der Waals surface area contributed by atoms with Gasteiger partial charge in [-0.15, -0.1) is 6.58 Å². The van der Waals surface area contributed by atoms with Crippen molar-refractivity contribution >= 4 is 0 Å². The van der Waals surface area contributed by atoms with E-state index < -0.39 is 0 Å². The molecule has 1 aliphatic carbocycles. The van der Waals surface area contributed by atoms with Crippen LogP contribution in [0.2, 0.25) is 0 Å². The zero-order valence-electron chi connectivity index (χ0n) is 12.9. The Balaban J connectivity index is 1.97. The van der Waals surface area contributed by atoms with Gasteiger partial charge in [-0.2, -0.15) is 0 Å². The SMILES string of the molecule is C=CCN(Cc1ccccc1CNCC(C)C)C1CC1. The molecule has 1 N–H and O–H groups in total. The summed E-state index contributed by atoms with van der Waals surface area (Å²) in [6.07, 6.45) is 4.72. The van der Waals surface area contributed by atoms with E-state index in [9.17, 15) is 0 Å². The standard InChI is InChI=1S/C18H28N2/c1-4-11-20(18-9-10-18)14-17-8-6-5-7-16(17)13-19-12-15(2)3/h4-8,15,18-19H,1,9-14H2,2-3H3. The number of benzene rings is 1. The first-order chi connectivity index (χ1) is 9.70. The summed E-state index contributed by atoms with van der Waals surface area (Å²) in [6.45, 7) is 12.5. The van der Waals surface area contributed by atoms with Crippen molar-refractivity contribution in [2.45, 2.75) is 45.8 Å². The van der Waals surface area contributed by atoms with Gasteiger partial charge in [0.25, 0.3) is 0 Å². The molecule has 0 saturated heterocycles. The van der Waals surface area contributed by atoms with Gasteiger partial charge in [0, 0.05) is 25.7 Å². The second kappa shape index (κ2) is 7.61. The number of nitrogens with one attached hydrogen (secondary N) is 1. The summed E-state index contributed by atoms with van der Waals surface area (Å²) in [5.41, 5.74) is 2.89. The van der Waals surface area contributed by atoms with Crippen molar-refractivity contribution in [1.29, 1.82) is 0 Å². The van der Waals surface area contributed by atoms with Crippen LogP contribution in [0.4, 0.5) is 0 Å². The van der Waals surface area contributed by atoms with E-state index in [0.717, 1.165) is 32.2 Å². The van der Waals surface area contributed by atoms with Crippen molar-refractivity contribution < 1.29 is 0 Å². The van der Waals surface area contributed by atoms with E-state index in [1.165, 1.54) is 24.0 Å². The monoisotopic (exact) mass is 272 g/mol. The Morgan fingerprint density at radius 1 is 1.30 bits per heavy atom. The van der Waals surface area contributed by atoms with Crippen molar-refractivity contribution in [2.24, 2.45) is 5.92 Å². The maximum atomic E-state index is 3.89. The highest BCUT2D eigenvalue weighted by molar-refractivity contribution is 5.27. The van der Waals surface area contributed by atoms with Crippen molar-refractivity contribution in [3.8, 4) is 0 Å². The van der Waals surface area contributed by atoms with Gasteiger partial charge in [-0.25, -0.2) is 0 Å². The predicted molar refractivity (Wildman–Crippen MR) is 86.6 cm³/mol. The third kappa shape index (κ3) is 4.77. The molecule has 2 nitrogen and oxygen atoms in total. The Kier molecular flexibility index (Phi) is 5.81. The summed E-state index contributed by atoms with van der Waals surface area (Å²) in [7, 11) is 0. The fourth-order valence-corrected chi connectivity index (χ4v) is 2.55. The van der Waals surface area contributed by atoms with Crippen LogP contribution in [0.3, 0.4) is 0 Å². The summed E-state index contributed by atoms with van der Waals surface area (Å²) in [4.78, 5) is 2.55. The summed E-state index contributed by atoms with van der Waals surface area (Å²) in [5.74, 6) is 0.700. The first kappa shape index (κ1) is 15.3. The first-order valence-electron chi connectivity index (χ1n) is 7.83. The molecule has 1 aromatic rings. The highest BCUT2D eigenvalue weighted by atomic mass is 15.2. The summed E-state index contributed by atoms with van der Waals surface area (Å²) in [6, 6.07) is 9.60. The quantitative estimate of drug-likeness (QED) is 0.691. The largest absolute Gasteiger partial charge is 0.312 e. The van der Waals surface area contributed by atoms with Gasteiger partial charge in [0.15, 0.2) is 0 Å². The zero-order chi connectivity index (χ0) is 14.4. The molecule has 20 heavy (non-hydrogen) atoms. The summed E-state index contributed by atoms with van der Waals surface area (Å²) < 4.78 is 0. The van der Waals surface area contributed by atoms with Crippen molar-refractivity contribution in [3.63, 3.8) is 0 Å². The Hall–Kier alpha value is -1.12. The molecule has 0 spiro atoms. The molecule has 2 heteroatoms. The summed E-state index contributed by atoms with van der Waals surface area (Å²) in [5, 5.41) is 3.55. The van der Waals surface area contributed by atoms with Gasteiger partial charge in [-0.05, 0) is 36.4 Å². The Labute approximate surface area is 123 Å². The normalized spacial score (nSPS) is 15.0. The van der Waals surface area contributed by atoms with Crippen LogP contribution >= 0.6 is 0 Å². The molecule has 0 heterocycles. The van der Waals surface area contributed by atoms with Gasteiger partial charge in [-0.3, -0.25) is 4.90 Å². The van der Waals surface area contributed by atoms with Crippen LogP contribution in [0.15, 0.2) is 36.9 Å². The smallest absolute Gasteiger partial charge is 0.0243 e. The van der Waals surface area contributed by atoms with Gasteiger partial charge in [0.05, 0.1) is 0 Å². The average Bonchev–Trinajstić information content (AvgIpc) is 3.24. The average molecular weight is 272 g/mol. The van der Waals surface area contributed by atoms with Crippen LogP contribution in [0.25, 0.3) is 0 Å². The fraction of sp³-hybridized carbons (Fsp3) is 0.556. The molecule has 110 valence electrons. The van der Waals surface area contributed by atoms with E-state index in [2.05, 4.69) is 54.9 Å². The molecule has 1 aliphatic rings. The van der Waals surface area contributed by atoms with Crippen LogP contribution < -0.4 is 5.32 Å². The van der Waals surface area contributed by atoms with Crippen molar-refractivity contribution in [2.75, 3.05) is 13.1 Å². The van der Waals surface area contributed by atoms with Gasteiger partial charge in [0.2, 0.25) is 0 Å². The summed E-state index contributed by atoms with van der Waals surface area (Å²) >= 11 is 0. The van der Waals surface area contributed by atoms with Crippen LogP contribution in [0, 0.1) is 5.92 Å². The maximum Gasteiger partial charge on any atom is 0.0243 e. The number of hydrogen-bond acceptors (Lipinski definition) is 2. The Bertz CT molecular complexity index is 421. The third-order valence-electron chi connectivity index (χ3n) is 3.79. The van der Waals surface area contributed by atoms with Gasteiger partial charge < -0.3 is 5.32 Å². The van der Waals surface area contributed by atoms with E-state index in [4.69, 9.17) is 0 Å². The fourth-order valence-electron chi connectivity index (χ4n) is 2.55. The van der Waals surface area contributed by atoms with E-state index in [1.807, 2.05) is 6.08 Å². The van der Waals surface area contributed by atoms with E-state index in [-0.39, 0.29) is 0 Å². The lowest BCUT2D eigenvalue weighted by Crippen LogP contribution is -2.27. The molecule has 1 saturated carbocycles. The van der Waals surface area contributed by atoms with Gasteiger partial charge >= 0.3 is 0 Å². The molecular formula is C18H28N2. The molecule has 0 bridgehead atoms. The highest BCUT2D eigenvalue weighted by Gasteiger charge is 2.28. The first-order valence-corrected chi connectivity index (χ1v) is 7.83. The molecule has 0 aliphatic heterocycles. The molecule has 0 amide bonds. The maximum absolute atomic E-state index is 3.89. The van der Waals surface area contributed by atoms with Gasteiger partial charge in [-0.1, -0.05) is 44.2 Å². The minimum Gasteiger partial charge on any atom is -0.312 e. The molecule has 1 fully saturated rings. The topological polar surface area (TPSA) is 15.3 Å². The van der Waals surface area contributed by atoms with Crippen LogP contribution in [-0.4, -0.2) is 24.0 Å². The number of rotatable bonds is 9. The van der Waals surface area contributed by atoms with Gasteiger partial charge in [0.1, 0.15) is 0 Å². The second-order valence-corrected chi connectivity index (χ2v) is 6.24. The van der Waals surface area contributed by atoms with Crippen LogP contribution in [0.5, 0.6) is 0 Å². The lowest BCUT2D eigenvalue weighted by molar-refractivity contribution is 0.283.